The van der Waals surface area contributed by atoms with Gasteiger partial charge < -0.3 is 5.32 Å². The normalized spacial score (nSPS) is 19.1. The maximum Gasteiger partial charge on any atom is 0.0234 e. The SMILES string of the molecule is CCNCC(CC)N1CCN(Cc2ccccc2)CC1. The Hall–Kier alpha value is -0.900. The molecule has 0 spiro atoms. The van der Waals surface area contributed by atoms with Gasteiger partial charge in [0, 0.05) is 45.3 Å². The van der Waals surface area contributed by atoms with Gasteiger partial charge in [-0.15, -0.1) is 0 Å². The van der Waals surface area contributed by atoms with Crippen LogP contribution in [0.4, 0.5) is 0 Å². The van der Waals surface area contributed by atoms with Crippen LogP contribution in [0.5, 0.6) is 0 Å². The fourth-order valence-electron chi connectivity index (χ4n) is 2.97. The maximum absolute atomic E-state index is 3.49. The number of likely N-dealkylation sites (N-methyl/N-ethyl adjacent to an activating group) is 1. The summed E-state index contributed by atoms with van der Waals surface area (Å²) in [6, 6.07) is 11.5. The first-order valence-electron chi connectivity index (χ1n) is 8.04. The molecule has 1 N–H and O–H groups in total. The van der Waals surface area contributed by atoms with Crippen molar-refractivity contribution in [1.29, 1.82) is 0 Å². The lowest BCUT2D eigenvalue weighted by Gasteiger charge is -2.39. The Kier molecular flexibility index (Phi) is 6.51. The average molecular weight is 275 g/mol. The van der Waals surface area contributed by atoms with Crippen molar-refractivity contribution < 1.29 is 0 Å². The lowest BCUT2D eigenvalue weighted by atomic mass is 10.1. The largest absolute Gasteiger partial charge is 0.315 e. The number of piperazine rings is 1. The van der Waals surface area contributed by atoms with Crippen molar-refractivity contribution in [3.63, 3.8) is 0 Å². The van der Waals surface area contributed by atoms with E-state index in [9.17, 15) is 0 Å². The Balaban J connectivity index is 1.76. The van der Waals surface area contributed by atoms with Gasteiger partial charge in [0.2, 0.25) is 0 Å². The van der Waals surface area contributed by atoms with E-state index < -0.39 is 0 Å². The van der Waals surface area contributed by atoms with E-state index >= 15 is 0 Å². The highest BCUT2D eigenvalue weighted by atomic mass is 15.3. The molecule has 0 bridgehead atoms. The fraction of sp³-hybridized carbons (Fsp3) is 0.647. The van der Waals surface area contributed by atoms with Crippen molar-refractivity contribution in [3.05, 3.63) is 35.9 Å². The van der Waals surface area contributed by atoms with Gasteiger partial charge in [0.25, 0.3) is 0 Å². The number of nitrogens with one attached hydrogen (secondary N) is 1. The lowest BCUT2D eigenvalue weighted by molar-refractivity contribution is 0.0894. The molecule has 3 heteroatoms. The van der Waals surface area contributed by atoms with Gasteiger partial charge in [0.1, 0.15) is 0 Å². The van der Waals surface area contributed by atoms with Crippen LogP contribution in [-0.4, -0.2) is 55.1 Å². The van der Waals surface area contributed by atoms with E-state index in [0.717, 1.165) is 19.6 Å². The Morgan fingerprint density at radius 3 is 2.35 bits per heavy atom. The van der Waals surface area contributed by atoms with Crippen molar-refractivity contribution >= 4 is 0 Å². The fourth-order valence-corrected chi connectivity index (χ4v) is 2.97. The Bertz CT molecular complexity index is 358. The van der Waals surface area contributed by atoms with E-state index in [4.69, 9.17) is 0 Å². The summed E-state index contributed by atoms with van der Waals surface area (Å²) in [6.45, 7) is 12.6. The van der Waals surface area contributed by atoms with Crippen LogP contribution in [0.15, 0.2) is 30.3 Å². The Morgan fingerprint density at radius 2 is 1.75 bits per heavy atom. The Labute approximate surface area is 124 Å². The molecule has 1 aliphatic heterocycles. The van der Waals surface area contributed by atoms with Crippen LogP contribution in [0.25, 0.3) is 0 Å². The summed E-state index contributed by atoms with van der Waals surface area (Å²) in [5, 5.41) is 3.49. The highest BCUT2D eigenvalue weighted by Crippen LogP contribution is 2.11. The highest BCUT2D eigenvalue weighted by molar-refractivity contribution is 5.14. The maximum atomic E-state index is 3.49. The van der Waals surface area contributed by atoms with Gasteiger partial charge in [-0.2, -0.15) is 0 Å². The standard InChI is InChI=1S/C17H29N3/c1-3-17(14-18-4-2)20-12-10-19(11-13-20)15-16-8-6-5-7-9-16/h5-9,17-18H,3-4,10-15H2,1-2H3. The predicted octanol–water partition coefficient (Wildman–Crippen LogP) is 2.19. The van der Waals surface area contributed by atoms with E-state index in [1.54, 1.807) is 0 Å². The third kappa shape index (κ3) is 4.58. The van der Waals surface area contributed by atoms with Crippen LogP contribution in [-0.2, 0) is 6.54 Å². The summed E-state index contributed by atoms with van der Waals surface area (Å²) in [4.78, 5) is 5.23. The molecule has 2 rings (SSSR count). The molecule has 20 heavy (non-hydrogen) atoms. The molecule has 1 aromatic carbocycles. The molecule has 3 nitrogen and oxygen atoms in total. The molecule has 0 saturated carbocycles. The third-order valence-corrected chi connectivity index (χ3v) is 4.27. The van der Waals surface area contributed by atoms with Crippen molar-refractivity contribution in [2.24, 2.45) is 0 Å². The van der Waals surface area contributed by atoms with E-state index in [1.807, 2.05) is 0 Å². The van der Waals surface area contributed by atoms with E-state index in [0.29, 0.717) is 6.04 Å². The number of nitrogens with zero attached hydrogens (tertiary/aromatic N) is 2. The summed E-state index contributed by atoms with van der Waals surface area (Å²) in [7, 11) is 0. The zero-order valence-electron chi connectivity index (χ0n) is 13.0. The zero-order valence-corrected chi connectivity index (χ0v) is 13.0. The molecule has 1 heterocycles. The second kappa shape index (κ2) is 8.40. The topological polar surface area (TPSA) is 18.5 Å². The van der Waals surface area contributed by atoms with E-state index in [1.165, 1.54) is 38.2 Å². The second-order valence-electron chi connectivity index (χ2n) is 5.67. The van der Waals surface area contributed by atoms with Crippen LogP contribution in [0.2, 0.25) is 0 Å². The number of hydrogen-bond donors (Lipinski definition) is 1. The average Bonchev–Trinajstić information content (AvgIpc) is 2.50. The summed E-state index contributed by atoms with van der Waals surface area (Å²) < 4.78 is 0. The summed E-state index contributed by atoms with van der Waals surface area (Å²) in [5.41, 5.74) is 1.43. The van der Waals surface area contributed by atoms with Gasteiger partial charge in [-0.05, 0) is 18.5 Å². The summed E-state index contributed by atoms with van der Waals surface area (Å²) >= 11 is 0. The predicted molar refractivity (Wildman–Crippen MR) is 85.9 cm³/mol. The van der Waals surface area contributed by atoms with Gasteiger partial charge in [-0.3, -0.25) is 9.80 Å². The first-order valence-corrected chi connectivity index (χ1v) is 8.04. The minimum Gasteiger partial charge on any atom is -0.315 e. The van der Waals surface area contributed by atoms with Crippen molar-refractivity contribution in [1.82, 2.24) is 15.1 Å². The third-order valence-electron chi connectivity index (χ3n) is 4.27. The molecule has 1 saturated heterocycles. The lowest BCUT2D eigenvalue weighted by Crippen LogP contribution is -2.52. The van der Waals surface area contributed by atoms with Gasteiger partial charge in [-0.25, -0.2) is 0 Å². The van der Waals surface area contributed by atoms with Gasteiger partial charge in [0.15, 0.2) is 0 Å². The van der Waals surface area contributed by atoms with Crippen LogP contribution in [0.3, 0.4) is 0 Å². The molecule has 1 unspecified atom stereocenters. The van der Waals surface area contributed by atoms with Gasteiger partial charge >= 0.3 is 0 Å². The van der Waals surface area contributed by atoms with Crippen molar-refractivity contribution in [2.45, 2.75) is 32.9 Å². The zero-order chi connectivity index (χ0) is 14.2. The smallest absolute Gasteiger partial charge is 0.0234 e. The summed E-state index contributed by atoms with van der Waals surface area (Å²) in [5.74, 6) is 0. The quantitative estimate of drug-likeness (QED) is 0.823. The van der Waals surface area contributed by atoms with Crippen LogP contribution in [0.1, 0.15) is 25.8 Å². The second-order valence-corrected chi connectivity index (χ2v) is 5.67. The van der Waals surface area contributed by atoms with E-state index in [-0.39, 0.29) is 0 Å². The molecular weight excluding hydrogens is 246 g/mol. The van der Waals surface area contributed by atoms with Gasteiger partial charge in [0.05, 0.1) is 0 Å². The molecule has 1 aliphatic rings. The monoisotopic (exact) mass is 275 g/mol. The van der Waals surface area contributed by atoms with E-state index in [2.05, 4.69) is 59.3 Å². The molecule has 0 radical (unpaired) electrons. The first-order chi connectivity index (χ1) is 9.83. The van der Waals surface area contributed by atoms with Crippen LogP contribution in [0, 0.1) is 0 Å². The van der Waals surface area contributed by atoms with Crippen molar-refractivity contribution in [2.75, 3.05) is 39.3 Å². The number of hydrogen-bond acceptors (Lipinski definition) is 3. The van der Waals surface area contributed by atoms with Crippen LogP contribution >= 0.6 is 0 Å². The minimum absolute atomic E-state index is 0.703. The highest BCUT2D eigenvalue weighted by Gasteiger charge is 2.22. The Morgan fingerprint density at radius 1 is 1.05 bits per heavy atom. The number of benzene rings is 1. The molecule has 1 fully saturated rings. The molecule has 0 aromatic heterocycles. The first kappa shape index (κ1) is 15.5. The summed E-state index contributed by atoms with van der Waals surface area (Å²) in [6.07, 6.45) is 1.24. The molecule has 112 valence electrons. The van der Waals surface area contributed by atoms with Crippen LogP contribution < -0.4 is 5.32 Å². The molecular formula is C17H29N3. The van der Waals surface area contributed by atoms with Crippen molar-refractivity contribution in [3.8, 4) is 0 Å². The number of rotatable bonds is 7. The molecule has 1 aromatic rings. The minimum atomic E-state index is 0.703. The molecule has 0 aliphatic carbocycles. The molecule has 1 atom stereocenters. The molecule has 0 amide bonds. The van der Waals surface area contributed by atoms with Gasteiger partial charge in [-0.1, -0.05) is 44.2 Å².